The molecule has 236 valence electrons. The van der Waals surface area contributed by atoms with Crippen LogP contribution < -0.4 is 10.6 Å². The van der Waals surface area contributed by atoms with Crippen molar-refractivity contribution < 1.29 is 29.0 Å². The molecule has 5 rings (SSSR count). The summed E-state index contributed by atoms with van der Waals surface area (Å²) >= 11 is 0. The third kappa shape index (κ3) is 7.46. The zero-order chi connectivity index (χ0) is 31.2. The van der Waals surface area contributed by atoms with Gasteiger partial charge in [-0.2, -0.15) is 0 Å². The number of likely N-dealkylation sites (N-methyl/N-ethyl adjacent to an activating group) is 1. The SMILES string of the molecule is C[C@H]1C(=O)N[C@@H](Cc2ccccc2)C(=O)N[C@H]2CCO[C@H](CN(Cc3ccccc3)CC(=O)N3CCC[C@H]3C(=O)N1C)[C@H]2O. The number of fused-ring (bicyclic) bond motifs is 3. The second-order valence-electron chi connectivity index (χ2n) is 12.1. The minimum Gasteiger partial charge on any atom is -0.388 e. The monoisotopic (exact) mass is 605 g/mol. The molecule has 11 nitrogen and oxygen atoms in total. The third-order valence-electron chi connectivity index (χ3n) is 9.01. The van der Waals surface area contributed by atoms with E-state index in [2.05, 4.69) is 10.6 Å². The molecule has 3 aliphatic rings. The van der Waals surface area contributed by atoms with Gasteiger partial charge in [-0.05, 0) is 37.3 Å². The molecule has 0 spiro atoms. The van der Waals surface area contributed by atoms with E-state index in [-0.39, 0.29) is 31.3 Å². The molecular formula is C33H43N5O6. The van der Waals surface area contributed by atoms with E-state index in [9.17, 15) is 24.3 Å². The highest BCUT2D eigenvalue weighted by Gasteiger charge is 2.41. The van der Waals surface area contributed by atoms with Gasteiger partial charge in [0.2, 0.25) is 23.6 Å². The molecule has 11 heteroatoms. The number of aliphatic hydroxyl groups excluding tert-OH is 1. The Morgan fingerprint density at radius 3 is 2.30 bits per heavy atom. The molecule has 44 heavy (non-hydrogen) atoms. The highest BCUT2D eigenvalue weighted by atomic mass is 16.5. The Morgan fingerprint density at radius 2 is 1.59 bits per heavy atom. The van der Waals surface area contributed by atoms with Crippen LogP contribution in [0, 0.1) is 0 Å². The molecule has 3 N–H and O–H groups in total. The standard InChI is InChI=1S/C33H43N5O6/c1-22-31(41)35-26(18-23-10-5-3-6-11-23)32(42)34-25-15-17-44-28(30(25)40)20-37(19-24-12-7-4-8-13-24)21-29(39)38-16-9-14-27(38)33(43)36(22)2/h3-8,10-13,22,25-28,30,40H,9,14-21H2,1-2H3,(H,34,42)(H,35,41)/t22-,25-,26-,27-,28+,30-/m0/s1. The van der Waals surface area contributed by atoms with Crippen LogP contribution in [0.25, 0.3) is 0 Å². The molecule has 0 aromatic heterocycles. The van der Waals surface area contributed by atoms with E-state index in [1.165, 1.54) is 4.90 Å². The lowest BCUT2D eigenvalue weighted by Crippen LogP contribution is -2.60. The van der Waals surface area contributed by atoms with Gasteiger partial charge in [0.15, 0.2) is 0 Å². The fourth-order valence-electron chi connectivity index (χ4n) is 6.31. The molecule has 4 amide bonds. The van der Waals surface area contributed by atoms with Gasteiger partial charge < -0.3 is 30.3 Å². The number of carbonyl (C=O) groups is 4. The summed E-state index contributed by atoms with van der Waals surface area (Å²) in [6.07, 6.45) is 0.132. The minimum absolute atomic E-state index is 0.0290. The van der Waals surface area contributed by atoms with Crippen molar-refractivity contribution in [2.45, 2.75) is 75.5 Å². The zero-order valence-electron chi connectivity index (χ0n) is 25.4. The van der Waals surface area contributed by atoms with Crippen LogP contribution in [0.15, 0.2) is 60.7 Å². The lowest BCUT2D eigenvalue weighted by Gasteiger charge is -2.38. The first-order valence-electron chi connectivity index (χ1n) is 15.5. The molecule has 2 bridgehead atoms. The predicted octanol–water partition coefficient (Wildman–Crippen LogP) is 0.702. The van der Waals surface area contributed by atoms with Crippen LogP contribution in [0.2, 0.25) is 0 Å². The third-order valence-corrected chi connectivity index (χ3v) is 9.01. The largest absolute Gasteiger partial charge is 0.388 e. The number of amides is 4. The van der Waals surface area contributed by atoms with Crippen LogP contribution in [0.3, 0.4) is 0 Å². The number of nitrogens with one attached hydrogen (secondary N) is 2. The Labute approximate surface area is 258 Å². The van der Waals surface area contributed by atoms with Crippen LogP contribution in [-0.4, -0.2) is 113 Å². The van der Waals surface area contributed by atoms with E-state index in [0.29, 0.717) is 39.0 Å². The van der Waals surface area contributed by atoms with Gasteiger partial charge in [0.05, 0.1) is 18.7 Å². The smallest absolute Gasteiger partial charge is 0.245 e. The van der Waals surface area contributed by atoms with Gasteiger partial charge in [-0.25, -0.2) is 0 Å². The second kappa shape index (κ2) is 14.3. The second-order valence-corrected chi connectivity index (χ2v) is 12.1. The first-order chi connectivity index (χ1) is 21.2. The van der Waals surface area contributed by atoms with Crippen LogP contribution in [0.5, 0.6) is 0 Å². The first-order valence-corrected chi connectivity index (χ1v) is 15.5. The van der Waals surface area contributed by atoms with Crippen molar-refractivity contribution in [3.05, 3.63) is 71.8 Å². The van der Waals surface area contributed by atoms with Crippen LogP contribution in [0.4, 0.5) is 0 Å². The highest BCUT2D eigenvalue weighted by Crippen LogP contribution is 2.23. The lowest BCUT2D eigenvalue weighted by molar-refractivity contribution is -0.147. The maximum atomic E-state index is 13.7. The fourth-order valence-corrected chi connectivity index (χ4v) is 6.31. The van der Waals surface area contributed by atoms with Gasteiger partial charge in [-0.3, -0.25) is 24.1 Å². The van der Waals surface area contributed by atoms with Gasteiger partial charge in [0, 0.05) is 39.7 Å². The average Bonchev–Trinajstić information content (AvgIpc) is 3.52. The summed E-state index contributed by atoms with van der Waals surface area (Å²) in [5.41, 5.74) is 1.86. The van der Waals surface area contributed by atoms with E-state index in [0.717, 1.165) is 11.1 Å². The molecule has 0 aliphatic carbocycles. The molecule has 3 fully saturated rings. The number of ether oxygens (including phenoxy) is 1. The Hall–Kier alpha value is -3.80. The summed E-state index contributed by atoms with van der Waals surface area (Å²) in [6.45, 7) is 3.11. The van der Waals surface area contributed by atoms with Crippen molar-refractivity contribution in [1.29, 1.82) is 0 Å². The van der Waals surface area contributed by atoms with E-state index < -0.39 is 48.2 Å². The molecule has 6 atom stereocenters. The van der Waals surface area contributed by atoms with Gasteiger partial charge in [-0.15, -0.1) is 0 Å². The van der Waals surface area contributed by atoms with Crippen molar-refractivity contribution in [1.82, 2.24) is 25.3 Å². The quantitative estimate of drug-likeness (QED) is 0.468. The van der Waals surface area contributed by atoms with E-state index in [1.807, 2.05) is 65.6 Å². The summed E-state index contributed by atoms with van der Waals surface area (Å²) in [7, 11) is 1.56. The molecule has 3 heterocycles. The summed E-state index contributed by atoms with van der Waals surface area (Å²) < 4.78 is 6.00. The fraction of sp³-hybridized carbons (Fsp3) is 0.515. The average molecular weight is 606 g/mol. The Balaban J connectivity index is 1.46. The molecule has 0 radical (unpaired) electrons. The summed E-state index contributed by atoms with van der Waals surface area (Å²) in [5.74, 6) is -1.40. The number of rotatable bonds is 4. The van der Waals surface area contributed by atoms with Gasteiger partial charge >= 0.3 is 0 Å². The van der Waals surface area contributed by atoms with Crippen molar-refractivity contribution in [2.24, 2.45) is 0 Å². The number of hydrogen-bond donors (Lipinski definition) is 3. The summed E-state index contributed by atoms with van der Waals surface area (Å²) in [4.78, 5) is 59.5. The number of hydrogen-bond acceptors (Lipinski definition) is 7. The molecular weight excluding hydrogens is 562 g/mol. The summed E-state index contributed by atoms with van der Waals surface area (Å²) in [5, 5.41) is 17.2. The Kier molecular flexibility index (Phi) is 10.3. The molecule has 2 aromatic rings. The van der Waals surface area contributed by atoms with Gasteiger partial charge in [0.1, 0.15) is 24.2 Å². The molecule has 2 aromatic carbocycles. The molecule has 0 saturated carbocycles. The number of carbonyl (C=O) groups excluding carboxylic acids is 4. The topological polar surface area (TPSA) is 132 Å². The summed E-state index contributed by atoms with van der Waals surface area (Å²) in [6, 6.07) is 16.0. The van der Waals surface area contributed by atoms with Crippen molar-refractivity contribution in [3.63, 3.8) is 0 Å². The maximum absolute atomic E-state index is 13.7. The van der Waals surface area contributed by atoms with E-state index >= 15 is 0 Å². The normalized spacial score (nSPS) is 29.5. The maximum Gasteiger partial charge on any atom is 0.245 e. The molecule has 3 saturated heterocycles. The van der Waals surface area contributed by atoms with E-state index in [1.54, 1.807) is 18.9 Å². The number of benzene rings is 2. The lowest BCUT2D eigenvalue weighted by atomic mass is 9.97. The number of nitrogens with zero attached hydrogens (tertiary/aromatic N) is 3. The first kappa shape index (κ1) is 31.6. The van der Waals surface area contributed by atoms with Crippen molar-refractivity contribution >= 4 is 23.6 Å². The minimum atomic E-state index is -1.03. The highest BCUT2D eigenvalue weighted by molar-refractivity contribution is 5.94. The van der Waals surface area contributed by atoms with Crippen LogP contribution in [0.1, 0.15) is 37.3 Å². The van der Waals surface area contributed by atoms with Crippen molar-refractivity contribution in [2.75, 3.05) is 33.3 Å². The van der Waals surface area contributed by atoms with Crippen LogP contribution >= 0.6 is 0 Å². The Morgan fingerprint density at radius 1 is 0.909 bits per heavy atom. The molecule has 3 aliphatic heterocycles. The van der Waals surface area contributed by atoms with Gasteiger partial charge in [0.25, 0.3) is 0 Å². The van der Waals surface area contributed by atoms with E-state index in [4.69, 9.17) is 4.74 Å². The zero-order valence-corrected chi connectivity index (χ0v) is 25.4. The Bertz CT molecular complexity index is 1310. The number of aliphatic hydroxyl groups is 1. The molecule has 0 unspecified atom stereocenters. The van der Waals surface area contributed by atoms with Crippen LogP contribution in [-0.2, 0) is 36.9 Å². The van der Waals surface area contributed by atoms with Gasteiger partial charge in [-0.1, -0.05) is 60.7 Å². The van der Waals surface area contributed by atoms with Crippen molar-refractivity contribution in [3.8, 4) is 0 Å². The predicted molar refractivity (Wildman–Crippen MR) is 163 cm³/mol.